The van der Waals surface area contributed by atoms with Crippen molar-refractivity contribution in [2.45, 2.75) is 76.7 Å². The molecular formula is C28H39NO2. The number of rotatable bonds is 9. The molecule has 1 fully saturated rings. The second-order valence-corrected chi connectivity index (χ2v) is 9.97. The highest BCUT2D eigenvalue weighted by Crippen LogP contribution is 2.39. The SMILES string of the molecule is CC[C@](C)(CC(=O)NCC[C@@H](c1ccccc1)[C@@H]1CCOC(C)(C)C1)c1ccccc1. The first-order valence-electron chi connectivity index (χ1n) is 11.8. The molecule has 1 N–H and O–H groups in total. The van der Waals surface area contributed by atoms with Crippen LogP contribution in [0.4, 0.5) is 0 Å². The molecule has 0 aliphatic carbocycles. The summed E-state index contributed by atoms with van der Waals surface area (Å²) in [7, 11) is 0. The molecule has 3 heteroatoms. The van der Waals surface area contributed by atoms with Gasteiger partial charge in [-0.05, 0) is 62.5 Å². The van der Waals surface area contributed by atoms with Gasteiger partial charge in [0, 0.05) is 25.0 Å². The van der Waals surface area contributed by atoms with Crippen LogP contribution in [-0.4, -0.2) is 24.7 Å². The average molecular weight is 422 g/mol. The second kappa shape index (κ2) is 10.5. The maximum Gasteiger partial charge on any atom is 0.220 e. The summed E-state index contributed by atoms with van der Waals surface area (Å²) in [6.07, 6.45) is 4.56. The molecule has 0 spiro atoms. The Labute approximate surface area is 188 Å². The summed E-state index contributed by atoms with van der Waals surface area (Å²) in [5.74, 6) is 1.16. The zero-order chi connectivity index (χ0) is 22.3. The van der Waals surface area contributed by atoms with Gasteiger partial charge in [0.05, 0.1) is 5.60 Å². The van der Waals surface area contributed by atoms with E-state index in [1.54, 1.807) is 0 Å². The van der Waals surface area contributed by atoms with Gasteiger partial charge < -0.3 is 10.1 Å². The Morgan fingerprint density at radius 3 is 2.39 bits per heavy atom. The molecule has 0 radical (unpaired) electrons. The lowest BCUT2D eigenvalue weighted by Gasteiger charge is -2.39. The largest absolute Gasteiger partial charge is 0.376 e. The zero-order valence-corrected chi connectivity index (χ0v) is 19.7. The van der Waals surface area contributed by atoms with Gasteiger partial charge in [-0.25, -0.2) is 0 Å². The van der Waals surface area contributed by atoms with Gasteiger partial charge in [-0.2, -0.15) is 0 Å². The predicted octanol–water partition coefficient (Wildman–Crippen LogP) is 6.24. The normalized spacial score (nSPS) is 21.1. The van der Waals surface area contributed by atoms with Gasteiger partial charge in [-0.15, -0.1) is 0 Å². The Hall–Kier alpha value is -2.13. The Kier molecular flexibility index (Phi) is 7.94. The van der Waals surface area contributed by atoms with E-state index in [4.69, 9.17) is 4.74 Å². The van der Waals surface area contributed by atoms with Crippen molar-refractivity contribution < 1.29 is 9.53 Å². The molecule has 31 heavy (non-hydrogen) atoms. The molecule has 3 nitrogen and oxygen atoms in total. The van der Waals surface area contributed by atoms with E-state index in [0.29, 0.717) is 24.8 Å². The number of benzene rings is 2. The molecule has 0 unspecified atom stereocenters. The third-order valence-electron chi connectivity index (χ3n) is 7.11. The average Bonchev–Trinajstić information content (AvgIpc) is 2.77. The number of amides is 1. The fourth-order valence-corrected chi connectivity index (χ4v) is 5.05. The van der Waals surface area contributed by atoms with Gasteiger partial charge in [0.2, 0.25) is 5.91 Å². The first kappa shape index (κ1) is 23.5. The summed E-state index contributed by atoms with van der Waals surface area (Å²) < 4.78 is 5.96. The second-order valence-electron chi connectivity index (χ2n) is 9.97. The summed E-state index contributed by atoms with van der Waals surface area (Å²) in [5.41, 5.74) is 2.41. The van der Waals surface area contributed by atoms with Crippen molar-refractivity contribution in [3.05, 3.63) is 71.8 Å². The molecule has 3 rings (SSSR count). The molecule has 0 saturated carbocycles. The highest BCUT2D eigenvalue weighted by molar-refractivity contribution is 5.77. The van der Waals surface area contributed by atoms with Crippen LogP contribution in [0.2, 0.25) is 0 Å². The van der Waals surface area contributed by atoms with Gasteiger partial charge in [0.25, 0.3) is 0 Å². The van der Waals surface area contributed by atoms with E-state index in [9.17, 15) is 4.79 Å². The van der Waals surface area contributed by atoms with Crippen LogP contribution in [0, 0.1) is 5.92 Å². The minimum atomic E-state index is -0.130. The summed E-state index contributed by atoms with van der Waals surface area (Å²) in [6, 6.07) is 21.2. The predicted molar refractivity (Wildman–Crippen MR) is 128 cm³/mol. The molecule has 1 amide bonds. The third kappa shape index (κ3) is 6.43. The van der Waals surface area contributed by atoms with E-state index in [1.807, 2.05) is 6.07 Å². The third-order valence-corrected chi connectivity index (χ3v) is 7.11. The molecule has 0 bridgehead atoms. The number of hydrogen-bond donors (Lipinski definition) is 1. The van der Waals surface area contributed by atoms with Crippen LogP contribution in [-0.2, 0) is 14.9 Å². The van der Waals surface area contributed by atoms with Crippen LogP contribution in [0.25, 0.3) is 0 Å². The Balaban J connectivity index is 1.62. The molecular weight excluding hydrogens is 382 g/mol. The van der Waals surface area contributed by atoms with Crippen LogP contribution in [0.5, 0.6) is 0 Å². The number of nitrogens with one attached hydrogen (secondary N) is 1. The Morgan fingerprint density at radius 1 is 1.13 bits per heavy atom. The van der Waals surface area contributed by atoms with Crippen LogP contribution >= 0.6 is 0 Å². The van der Waals surface area contributed by atoms with Crippen molar-refractivity contribution in [3.63, 3.8) is 0 Å². The molecule has 168 valence electrons. The smallest absolute Gasteiger partial charge is 0.220 e. The standard InChI is InChI=1S/C28H39NO2/c1-5-28(4,24-14-10-7-11-15-24)21-26(30)29-18-16-25(22-12-8-6-9-13-22)23-17-19-31-27(2,3)20-23/h6-15,23,25H,5,16-21H2,1-4H3,(H,29,30)/t23-,25+,28-/m1/s1. The first-order valence-corrected chi connectivity index (χ1v) is 11.8. The van der Waals surface area contributed by atoms with Crippen LogP contribution in [0.1, 0.15) is 76.8 Å². The van der Waals surface area contributed by atoms with E-state index < -0.39 is 0 Å². The fourth-order valence-electron chi connectivity index (χ4n) is 5.05. The van der Waals surface area contributed by atoms with E-state index in [2.05, 4.69) is 87.6 Å². The van der Waals surface area contributed by atoms with E-state index in [-0.39, 0.29) is 16.9 Å². The lowest BCUT2D eigenvalue weighted by Crippen LogP contribution is -2.37. The number of carbonyl (C=O) groups excluding carboxylic acids is 1. The maximum atomic E-state index is 12.9. The number of ether oxygens (including phenoxy) is 1. The Bertz CT molecular complexity index is 817. The molecule has 1 aliphatic heterocycles. The van der Waals surface area contributed by atoms with Gasteiger partial charge in [0.15, 0.2) is 0 Å². The van der Waals surface area contributed by atoms with Crippen molar-refractivity contribution >= 4 is 5.91 Å². The van der Waals surface area contributed by atoms with Crippen molar-refractivity contribution in [3.8, 4) is 0 Å². The van der Waals surface area contributed by atoms with E-state index >= 15 is 0 Å². The molecule has 0 aromatic heterocycles. The van der Waals surface area contributed by atoms with E-state index in [0.717, 1.165) is 32.3 Å². The van der Waals surface area contributed by atoms with Gasteiger partial charge in [-0.3, -0.25) is 4.79 Å². The van der Waals surface area contributed by atoms with Crippen molar-refractivity contribution in [1.29, 1.82) is 0 Å². The fraction of sp³-hybridized carbons (Fsp3) is 0.536. The van der Waals surface area contributed by atoms with Gasteiger partial charge in [0.1, 0.15) is 0 Å². The minimum Gasteiger partial charge on any atom is -0.376 e. The summed E-state index contributed by atoms with van der Waals surface area (Å²) >= 11 is 0. The molecule has 2 aromatic rings. The molecule has 1 heterocycles. The highest BCUT2D eigenvalue weighted by atomic mass is 16.5. The molecule has 1 aliphatic rings. The monoisotopic (exact) mass is 421 g/mol. The Morgan fingerprint density at radius 2 is 1.77 bits per heavy atom. The van der Waals surface area contributed by atoms with E-state index in [1.165, 1.54) is 11.1 Å². The number of carbonyl (C=O) groups is 1. The van der Waals surface area contributed by atoms with Crippen molar-refractivity contribution in [2.75, 3.05) is 13.2 Å². The van der Waals surface area contributed by atoms with Crippen LogP contribution in [0.3, 0.4) is 0 Å². The summed E-state index contributed by atoms with van der Waals surface area (Å²) in [5, 5.41) is 3.23. The molecule has 3 atom stereocenters. The minimum absolute atomic E-state index is 0.0716. The quantitative estimate of drug-likeness (QED) is 0.520. The van der Waals surface area contributed by atoms with Crippen molar-refractivity contribution in [2.24, 2.45) is 5.92 Å². The van der Waals surface area contributed by atoms with Crippen LogP contribution in [0.15, 0.2) is 60.7 Å². The lowest BCUT2D eigenvalue weighted by atomic mass is 9.75. The van der Waals surface area contributed by atoms with Gasteiger partial charge >= 0.3 is 0 Å². The highest BCUT2D eigenvalue weighted by Gasteiger charge is 2.34. The zero-order valence-electron chi connectivity index (χ0n) is 19.7. The maximum absolute atomic E-state index is 12.9. The molecule has 1 saturated heterocycles. The summed E-state index contributed by atoms with van der Waals surface area (Å²) in [6.45, 7) is 10.3. The number of hydrogen-bond acceptors (Lipinski definition) is 2. The lowest BCUT2D eigenvalue weighted by molar-refractivity contribution is -0.122. The van der Waals surface area contributed by atoms with Crippen LogP contribution < -0.4 is 5.32 Å². The molecule has 2 aromatic carbocycles. The van der Waals surface area contributed by atoms with Gasteiger partial charge in [-0.1, -0.05) is 74.5 Å². The summed E-state index contributed by atoms with van der Waals surface area (Å²) in [4.78, 5) is 12.9. The topological polar surface area (TPSA) is 38.3 Å². The first-order chi connectivity index (χ1) is 14.8. The van der Waals surface area contributed by atoms with Crippen molar-refractivity contribution in [1.82, 2.24) is 5.32 Å².